The number of nitrogen functional groups attached to an aromatic ring is 1. The third kappa shape index (κ3) is 4.14. The fourth-order valence-electron chi connectivity index (χ4n) is 2.50. The third-order valence-electron chi connectivity index (χ3n) is 3.76. The van der Waals surface area contributed by atoms with Crippen LogP contribution in [0.1, 0.15) is 6.92 Å². The number of halogens is 1. The summed E-state index contributed by atoms with van der Waals surface area (Å²) in [4.78, 5) is -0.00221. The highest BCUT2D eigenvalue weighted by molar-refractivity contribution is 7.89. The van der Waals surface area contributed by atoms with E-state index in [0.717, 1.165) is 11.3 Å². The molecule has 0 radical (unpaired) electrons. The lowest BCUT2D eigenvalue weighted by atomic mass is 10.0. The quantitative estimate of drug-likeness (QED) is 0.576. The molecule has 0 aliphatic rings. The van der Waals surface area contributed by atoms with Gasteiger partial charge in [-0.3, -0.25) is 0 Å². The predicted octanol–water partition coefficient (Wildman–Crippen LogP) is 2.25. The van der Waals surface area contributed by atoms with Crippen LogP contribution in [0.5, 0.6) is 0 Å². The lowest BCUT2D eigenvalue weighted by Crippen LogP contribution is -2.35. The minimum Gasteiger partial charge on any atom is -0.395 e. The van der Waals surface area contributed by atoms with Crippen LogP contribution < -0.4 is 10.5 Å². The molecule has 4 N–H and O–H groups in total. The van der Waals surface area contributed by atoms with Crippen LogP contribution in [0.15, 0.2) is 47.4 Å². The van der Waals surface area contributed by atoms with E-state index in [9.17, 15) is 12.8 Å². The minimum atomic E-state index is -3.89. The molecule has 0 saturated carbocycles. The van der Waals surface area contributed by atoms with Crippen LogP contribution in [0.25, 0.3) is 21.7 Å². The van der Waals surface area contributed by atoms with Crippen LogP contribution in [-0.2, 0) is 10.0 Å². The molecule has 7 nitrogen and oxygen atoms in total. The van der Waals surface area contributed by atoms with Gasteiger partial charge in [-0.2, -0.15) is 0 Å². The van der Waals surface area contributed by atoms with E-state index in [1.54, 1.807) is 31.2 Å². The molecule has 142 valence electrons. The zero-order chi connectivity index (χ0) is 19.6. The average molecular weight is 408 g/mol. The second-order valence-electron chi connectivity index (χ2n) is 5.84. The molecule has 0 spiro atoms. The molecule has 0 fully saturated rings. The van der Waals surface area contributed by atoms with Crippen LogP contribution in [0.3, 0.4) is 0 Å². The van der Waals surface area contributed by atoms with Gasteiger partial charge in [-0.25, -0.2) is 17.5 Å². The van der Waals surface area contributed by atoms with Crippen molar-refractivity contribution in [3.63, 3.8) is 0 Å². The Bertz CT molecular complexity index is 1070. The van der Waals surface area contributed by atoms with Crippen LogP contribution in [-0.4, -0.2) is 36.4 Å². The summed E-state index contributed by atoms with van der Waals surface area (Å²) in [6.07, 6.45) is 0. The molecule has 0 aliphatic carbocycles. The van der Waals surface area contributed by atoms with Gasteiger partial charge in [0, 0.05) is 17.2 Å². The smallest absolute Gasteiger partial charge is 0.241 e. The lowest BCUT2D eigenvalue weighted by Gasteiger charge is -2.15. The van der Waals surface area contributed by atoms with Gasteiger partial charge in [0.25, 0.3) is 0 Å². The number of hydrogen-bond donors (Lipinski definition) is 3. The Morgan fingerprint density at radius 3 is 2.59 bits per heavy atom. The van der Waals surface area contributed by atoms with Gasteiger partial charge in [-0.1, -0.05) is 35.6 Å². The molecule has 3 rings (SSSR count). The van der Waals surface area contributed by atoms with Crippen molar-refractivity contribution in [1.29, 1.82) is 0 Å². The molecule has 10 heteroatoms. The molecular formula is C17H17FN4O3S2. The molecule has 0 bridgehead atoms. The number of aromatic nitrogens is 2. The maximum Gasteiger partial charge on any atom is 0.241 e. The van der Waals surface area contributed by atoms with Crippen molar-refractivity contribution in [3.05, 3.63) is 48.3 Å². The van der Waals surface area contributed by atoms with Crippen LogP contribution in [0.4, 0.5) is 9.52 Å². The summed E-state index contributed by atoms with van der Waals surface area (Å²) in [5.41, 5.74) is 6.51. The van der Waals surface area contributed by atoms with Gasteiger partial charge < -0.3 is 10.8 Å². The highest BCUT2D eigenvalue weighted by Crippen LogP contribution is 2.33. The first-order valence-electron chi connectivity index (χ1n) is 7.93. The Morgan fingerprint density at radius 1 is 1.22 bits per heavy atom. The van der Waals surface area contributed by atoms with Crippen molar-refractivity contribution in [1.82, 2.24) is 14.9 Å². The van der Waals surface area contributed by atoms with Crippen molar-refractivity contribution < 1.29 is 17.9 Å². The van der Waals surface area contributed by atoms with E-state index < -0.39 is 21.9 Å². The standard InChI is InChI=1S/C17H17FN4O3S2/c1-10(9-23)22-27(24,25)15-5-3-2-4-12(15)11-6-7-13(14(18)8-11)16-20-21-17(19)26-16/h2-8,10,22-23H,9H2,1H3,(H2,19,21)/t10-/m1/s1. The van der Waals surface area contributed by atoms with Gasteiger partial charge in [0.2, 0.25) is 15.2 Å². The number of aliphatic hydroxyl groups excluding tert-OH is 1. The highest BCUT2D eigenvalue weighted by Gasteiger charge is 2.22. The first-order chi connectivity index (χ1) is 12.8. The van der Waals surface area contributed by atoms with Crippen molar-refractivity contribution in [3.8, 4) is 21.7 Å². The predicted molar refractivity (Wildman–Crippen MR) is 102 cm³/mol. The normalized spacial score (nSPS) is 12.9. The molecule has 0 aliphatic heterocycles. The molecule has 0 amide bonds. The Balaban J connectivity index is 2.04. The second kappa shape index (κ2) is 7.69. The van der Waals surface area contributed by atoms with Gasteiger partial charge in [0.15, 0.2) is 5.01 Å². The zero-order valence-electron chi connectivity index (χ0n) is 14.3. The Hall–Kier alpha value is -2.40. The van der Waals surface area contributed by atoms with Gasteiger partial charge in [0.1, 0.15) is 5.82 Å². The number of anilines is 1. The SMILES string of the molecule is C[C@H](CO)NS(=O)(=O)c1ccccc1-c1ccc(-c2nnc(N)s2)c(F)c1. The molecule has 1 atom stereocenters. The lowest BCUT2D eigenvalue weighted by molar-refractivity contribution is 0.265. The summed E-state index contributed by atoms with van der Waals surface area (Å²) in [5.74, 6) is -0.562. The summed E-state index contributed by atoms with van der Waals surface area (Å²) >= 11 is 1.06. The minimum absolute atomic E-state index is 0.00221. The number of hydrogen-bond acceptors (Lipinski definition) is 7. The van der Waals surface area contributed by atoms with E-state index in [1.807, 2.05) is 0 Å². The van der Waals surface area contributed by atoms with E-state index in [2.05, 4.69) is 14.9 Å². The number of nitrogens with one attached hydrogen (secondary N) is 1. The van der Waals surface area contributed by atoms with Gasteiger partial charge in [-0.15, -0.1) is 10.2 Å². The monoisotopic (exact) mass is 408 g/mol. The fourth-order valence-corrected chi connectivity index (χ4v) is 4.61. The summed E-state index contributed by atoms with van der Waals surface area (Å²) in [6, 6.07) is 9.99. The summed E-state index contributed by atoms with van der Waals surface area (Å²) < 4.78 is 42.3. The molecule has 27 heavy (non-hydrogen) atoms. The molecular weight excluding hydrogens is 391 g/mol. The van der Waals surface area contributed by atoms with E-state index in [0.29, 0.717) is 16.1 Å². The molecule has 0 unspecified atom stereocenters. The number of aliphatic hydroxyl groups is 1. The van der Waals surface area contributed by atoms with E-state index in [4.69, 9.17) is 10.8 Å². The Kier molecular flexibility index (Phi) is 5.51. The van der Waals surface area contributed by atoms with Gasteiger partial charge in [0.05, 0.1) is 11.5 Å². The average Bonchev–Trinajstić information content (AvgIpc) is 3.07. The molecule has 0 saturated heterocycles. The van der Waals surface area contributed by atoms with Gasteiger partial charge in [-0.05, 0) is 30.7 Å². The Morgan fingerprint density at radius 2 is 1.96 bits per heavy atom. The maximum atomic E-state index is 14.6. The summed E-state index contributed by atoms with van der Waals surface area (Å²) in [5, 5.41) is 17.2. The number of rotatable bonds is 6. The number of benzene rings is 2. The van der Waals surface area contributed by atoms with Crippen LogP contribution >= 0.6 is 11.3 Å². The Labute approximate surface area is 159 Å². The van der Waals surface area contributed by atoms with E-state index in [1.165, 1.54) is 18.2 Å². The van der Waals surface area contributed by atoms with Crippen molar-refractivity contribution >= 4 is 26.5 Å². The maximum absolute atomic E-state index is 14.6. The second-order valence-corrected chi connectivity index (χ2v) is 8.53. The number of nitrogens with zero attached hydrogens (tertiary/aromatic N) is 2. The molecule has 3 aromatic rings. The largest absolute Gasteiger partial charge is 0.395 e. The van der Waals surface area contributed by atoms with Gasteiger partial charge >= 0.3 is 0 Å². The molecule has 2 aromatic carbocycles. The number of nitrogens with two attached hydrogens (primary N) is 1. The van der Waals surface area contributed by atoms with Crippen molar-refractivity contribution in [2.24, 2.45) is 0 Å². The first-order valence-corrected chi connectivity index (χ1v) is 10.2. The molecule has 1 heterocycles. The topological polar surface area (TPSA) is 118 Å². The third-order valence-corrected chi connectivity index (χ3v) is 6.19. The number of sulfonamides is 1. The fraction of sp³-hybridized carbons (Fsp3) is 0.176. The summed E-state index contributed by atoms with van der Waals surface area (Å²) in [6.45, 7) is 1.21. The van der Waals surface area contributed by atoms with Crippen molar-refractivity contribution in [2.75, 3.05) is 12.3 Å². The molecule has 1 aromatic heterocycles. The van der Waals surface area contributed by atoms with E-state index >= 15 is 0 Å². The van der Waals surface area contributed by atoms with Crippen LogP contribution in [0, 0.1) is 5.82 Å². The summed E-state index contributed by atoms with van der Waals surface area (Å²) in [7, 11) is -3.89. The zero-order valence-corrected chi connectivity index (χ0v) is 15.9. The highest BCUT2D eigenvalue weighted by atomic mass is 32.2. The van der Waals surface area contributed by atoms with Crippen LogP contribution in [0.2, 0.25) is 0 Å². The van der Waals surface area contributed by atoms with Crippen molar-refractivity contribution in [2.45, 2.75) is 17.9 Å². The first kappa shape index (κ1) is 19.4. The van der Waals surface area contributed by atoms with E-state index in [-0.39, 0.29) is 22.2 Å².